The standard InChI is InChI=1S/C14H28N4/c1-3-15-14(18-9-4-5-10-18)16-11-13-7-6-8-17(2)12-13/h13H,3-12H2,1-2H3,(H,15,16). The van der Waals surface area contributed by atoms with E-state index in [-0.39, 0.29) is 0 Å². The smallest absolute Gasteiger partial charge is 0.193 e. The maximum Gasteiger partial charge on any atom is 0.193 e. The van der Waals surface area contributed by atoms with Gasteiger partial charge in [-0.05, 0) is 52.1 Å². The van der Waals surface area contributed by atoms with E-state index < -0.39 is 0 Å². The van der Waals surface area contributed by atoms with Crippen molar-refractivity contribution in [3.8, 4) is 0 Å². The number of hydrogen-bond donors (Lipinski definition) is 1. The average Bonchev–Trinajstić information content (AvgIpc) is 2.88. The molecular formula is C14H28N4. The van der Waals surface area contributed by atoms with Gasteiger partial charge >= 0.3 is 0 Å². The van der Waals surface area contributed by atoms with Crippen LogP contribution in [0.15, 0.2) is 4.99 Å². The van der Waals surface area contributed by atoms with Gasteiger partial charge in [-0.25, -0.2) is 0 Å². The Morgan fingerprint density at radius 3 is 2.67 bits per heavy atom. The second-order valence-corrected chi connectivity index (χ2v) is 5.66. The number of rotatable bonds is 3. The summed E-state index contributed by atoms with van der Waals surface area (Å²) in [6.45, 7) is 8.94. The second kappa shape index (κ2) is 6.98. The van der Waals surface area contributed by atoms with E-state index >= 15 is 0 Å². The number of aliphatic imine (C=N–C) groups is 1. The number of likely N-dealkylation sites (tertiary alicyclic amines) is 2. The van der Waals surface area contributed by atoms with E-state index in [0.29, 0.717) is 0 Å². The zero-order valence-corrected chi connectivity index (χ0v) is 12.0. The molecule has 2 saturated heterocycles. The van der Waals surface area contributed by atoms with Crippen LogP contribution in [0.25, 0.3) is 0 Å². The summed E-state index contributed by atoms with van der Waals surface area (Å²) in [7, 11) is 2.22. The number of piperidine rings is 1. The Balaban J connectivity index is 1.86. The van der Waals surface area contributed by atoms with Crippen LogP contribution in [0.5, 0.6) is 0 Å². The molecule has 18 heavy (non-hydrogen) atoms. The molecule has 0 aromatic carbocycles. The van der Waals surface area contributed by atoms with Crippen molar-refractivity contribution in [1.29, 1.82) is 0 Å². The van der Waals surface area contributed by atoms with Gasteiger partial charge in [0.2, 0.25) is 0 Å². The Hall–Kier alpha value is -0.770. The van der Waals surface area contributed by atoms with Crippen molar-refractivity contribution in [1.82, 2.24) is 15.1 Å². The molecule has 2 heterocycles. The first-order chi connectivity index (χ1) is 8.79. The lowest BCUT2D eigenvalue weighted by molar-refractivity contribution is 0.214. The minimum absolute atomic E-state index is 0.750. The van der Waals surface area contributed by atoms with Crippen LogP contribution in [0, 0.1) is 5.92 Å². The summed E-state index contributed by atoms with van der Waals surface area (Å²) < 4.78 is 0. The van der Waals surface area contributed by atoms with Crippen LogP contribution in [0.4, 0.5) is 0 Å². The van der Waals surface area contributed by atoms with Gasteiger partial charge < -0.3 is 15.1 Å². The Bertz CT molecular complexity index is 271. The molecule has 0 aromatic heterocycles. The SMILES string of the molecule is CCNC(=NCC1CCCN(C)C1)N1CCCC1. The topological polar surface area (TPSA) is 30.9 Å². The van der Waals surface area contributed by atoms with E-state index in [0.717, 1.165) is 25.0 Å². The van der Waals surface area contributed by atoms with Crippen LogP contribution in [0.2, 0.25) is 0 Å². The maximum absolute atomic E-state index is 4.86. The van der Waals surface area contributed by atoms with Crippen molar-refractivity contribution in [3.05, 3.63) is 0 Å². The highest BCUT2D eigenvalue weighted by molar-refractivity contribution is 5.80. The molecule has 1 unspecified atom stereocenters. The predicted octanol–water partition coefficient (Wildman–Crippen LogP) is 1.39. The number of guanidine groups is 1. The molecule has 2 aliphatic heterocycles. The minimum atomic E-state index is 0.750. The summed E-state index contributed by atoms with van der Waals surface area (Å²) in [5.41, 5.74) is 0. The third-order valence-corrected chi connectivity index (χ3v) is 3.96. The van der Waals surface area contributed by atoms with E-state index in [1.165, 1.54) is 51.9 Å². The van der Waals surface area contributed by atoms with Crippen molar-refractivity contribution in [2.45, 2.75) is 32.6 Å². The monoisotopic (exact) mass is 252 g/mol. The lowest BCUT2D eigenvalue weighted by Crippen LogP contribution is -2.40. The molecule has 4 nitrogen and oxygen atoms in total. The molecule has 1 N–H and O–H groups in total. The van der Waals surface area contributed by atoms with Gasteiger partial charge in [0.1, 0.15) is 0 Å². The molecule has 0 radical (unpaired) electrons. The van der Waals surface area contributed by atoms with Crippen molar-refractivity contribution in [3.63, 3.8) is 0 Å². The molecule has 2 rings (SSSR count). The molecule has 0 aliphatic carbocycles. The highest BCUT2D eigenvalue weighted by Gasteiger charge is 2.19. The fraction of sp³-hybridized carbons (Fsp3) is 0.929. The van der Waals surface area contributed by atoms with Crippen molar-refractivity contribution in [2.75, 3.05) is 46.3 Å². The van der Waals surface area contributed by atoms with E-state index in [1.54, 1.807) is 0 Å². The van der Waals surface area contributed by atoms with Crippen molar-refractivity contribution >= 4 is 5.96 Å². The van der Waals surface area contributed by atoms with Crippen LogP contribution in [0.1, 0.15) is 32.6 Å². The Morgan fingerprint density at radius 1 is 1.22 bits per heavy atom. The fourth-order valence-electron chi connectivity index (χ4n) is 2.99. The highest BCUT2D eigenvalue weighted by Crippen LogP contribution is 2.15. The molecule has 4 heteroatoms. The van der Waals surface area contributed by atoms with E-state index in [1.807, 2.05) is 0 Å². The molecule has 0 bridgehead atoms. The molecule has 0 aromatic rings. The predicted molar refractivity (Wildman–Crippen MR) is 77.0 cm³/mol. The second-order valence-electron chi connectivity index (χ2n) is 5.66. The largest absolute Gasteiger partial charge is 0.357 e. The van der Waals surface area contributed by atoms with Gasteiger partial charge in [-0.2, -0.15) is 0 Å². The van der Waals surface area contributed by atoms with Crippen molar-refractivity contribution in [2.24, 2.45) is 10.9 Å². The van der Waals surface area contributed by atoms with Gasteiger partial charge in [-0.3, -0.25) is 4.99 Å². The van der Waals surface area contributed by atoms with E-state index in [9.17, 15) is 0 Å². The van der Waals surface area contributed by atoms with Gasteiger partial charge in [0.05, 0.1) is 0 Å². The van der Waals surface area contributed by atoms with Crippen LogP contribution < -0.4 is 5.32 Å². The Labute approximate surface area is 111 Å². The van der Waals surface area contributed by atoms with Gasteiger partial charge in [0.15, 0.2) is 5.96 Å². The first kappa shape index (κ1) is 13.7. The lowest BCUT2D eigenvalue weighted by atomic mass is 9.99. The van der Waals surface area contributed by atoms with Gasteiger partial charge in [-0.1, -0.05) is 0 Å². The molecule has 1 atom stereocenters. The molecule has 0 amide bonds. The first-order valence-electron chi connectivity index (χ1n) is 7.51. The summed E-state index contributed by atoms with van der Waals surface area (Å²) in [6, 6.07) is 0. The van der Waals surface area contributed by atoms with Crippen LogP contribution >= 0.6 is 0 Å². The zero-order valence-electron chi connectivity index (χ0n) is 12.0. The highest BCUT2D eigenvalue weighted by atomic mass is 15.3. The van der Waals surface area contributed by atoms with Crippen molar-refractivity contribution < 1.29 is 0 Å². The minimum Gasteiger partial charge on any atom is -0.357 e. The molecule has 2 fully saturated rings. The summed E-state index contributed by atoms with van der Waals surface area (Å²) in [6.07, 6.45) is 5.30. The van der Waals surface area contributed by atoms with Crippen LogP contribution in [-0.4, -0.2) is 62.1 Å². The Morgan fingerprint density at radius 2 is 2.00 bits per heavy atom. The normalized spacial score (nSPS) is 26.7. The van der Waals surface area contributed by atoms with Gasteiger partial charge in [0.25, 0.3) is 0 Å². The molecule has 104 valence electrons. The summed E-state index contributed by atoms with van der Waals surface area (Å²) in [5, 5.41) is 3.44. The summed E-state index contributed by atoms with van der Waals surface area (Å²) in [5.74, 6) is 1.89. The Kier molecular flexibility index (Phi) is 5.29. The molecular weight excluding hydrogens is 224 g/mol. The first-order valence-corrected chi connectivity index (χ1v) is 7.51. The number of nitrogens with one attached hydrogen (secondary N) is 1. The van der Waals surface area contributed by atoms with E-state index in [2.05, 4.69) is 29.1 Å². The summed E-state index contributed by atoms with van der Waals surface area (Å²) in [4.78, 5) is 9.71. The fourth-order valence-corrected chi connectivity index (χ4v) is 2.99. The molecule has 2 aliphatic rings. The lowest BCUT2D eigenvalue weighted by Gasteiger charge is -2.29. The molecule has 0 spiro atoms. The molecule has 0 saturated carbocycles. The zero-order chi connectivity index (χ0) is 12.8. The average molecular weight is 252 g/mol. The summed E-state index contributed by atoms with van der Waals surface area (Å²) >= 11 is 0. The van der Waals surface area contributed by atoms with Crippen LogP contribution in [0.3, 0.4) is 0 Å². The quantitative estimate of drug-likeness (QED) is 0.608. The third-order valence-electron chi connectivity index (χ3n) is 3.96. The van der Waals surface area contributed by atoms with E-state index in [4.69, 9.17) is 4.99 Å². The van der Waals surface area contributed by atoms with Gasteiger partial charge in [-0.15, -0.1) is 0 Å². The van der Waals surface area contributed by atoms with Crippen LogP contribution in [-0.2, 0) is 0 Å². The number of nitrogens with zero attached hydrogens (tertiary/aromatic N) is 3. The van der Waals surface area contributed by atoms with Gasteiger partial charge in [0, 0.05) is 32.7 Å². The maximum atomic E-state index is 4.86. The third kappa shape index (κ3) is 3.87. The number of hydrogen-bond acceptors (Lipinski definition) is 2.